The molecule has 0 spiro atoms. The number of halogens is 1. The Morgan fingerprint density at radius 2 is 1.70 bits per heavy atom. The maximum Gasteiger partial charge on any atom is 0.187 e. The summed E-state index contributed by atoms with van der Waals surface area (Å²) in [5.74, 6) is 1.37. The van der Waals surface area contributed by atoms with Gasteiger partial charge >= 0.3 is 0 Å². The van der Waals surface area contributed by atoms with Gasteiger partial charge in [-0.1, -0.05) is 24.3 Å². The number of nitrogens with zero attached hydrogens (tertiary/aromatic N) is 1. The van der Waals surface area contributed by atoms with Crippen molar-refractivity contribution in [3.8, 4) is 22.8 Å². The molecule has 0 radical (unpaired) electrons. The first-order valence-electron chi connectivity index (χ1n) is 9.57. The first kappa shape index (κ1) is 19.9. The van der Waals surface area contributed by atoms with E-state index in [0.717, 1.165) is 39.1 Å². The lowest BCUT2D eigenvalue weighted by Gasteiger charge is -2.12. The highest BCUT2D eigenvalue weighted by Gasteiger charge is 2.07. The fourth-order valence-corrected chi connectivity index (χ4v) is 3.61. The molecule has 1 aromatic heterocycles. The number of rotatable bonds is 8. The molecule has 30 heavy (non-hydrogen) atoms. The lowest BCUT2D eigenvalue weighted by Crippen LogP contribution is -2.09. The van der Waals surface area contributed by atoms with Crippen molar-refractivity contribution in [1.29, 1.82) is 0 Å². The number of para-hydroxylation sites is 1. The molecule has 0 bridgehead atoms. The highest BCUT2D eigenvalue weighted by molar-refractivity contribution is 7.14. The highest BCUT2D eigenvalue weighted by Crippen LogP contribution is 2.29. The van der Waals surface area contributed by atoms with Gasteiger partial charge in [0, 0.05) is 22.7 Å². The van der Waals surface area contributed by atoms with E-state index in [4.69, 9.17) is 9.47 Å². The molecule has 0 aliphatic heterocycles. The van der Waals surface area contributed by atoms with E-state index in [1.807, 2.05) is 60.8 Å². The van der Waals surface area contributed by atoms with Gasteiger partial charge < -0.3 is 14.8 Å². The zero-order valence-corrected chi connectivity index (χ0v) is 17.3. The second-order valence-corrected chi connectivity index (χ2v) is 7.52. The molecule has 0 aliphatic rings. The van der Waals surface area contributed by atoms with Crippen molar-refractivity contribution in [2.75, 3.05) is 18.5 Å². The first-order chi connectivity index (χ1) is 14.7. The summed E-state index contributed by atoms with van der Waals surface area (Å²) in [6, 6.07) is 21.9. The van der Waals surface area contributed by atoms with E-state index in [1.165, 1.54) is 23.5 Å². The Bertz CT molecular complexity index is 1100. The zero-order chi connectivity index (χ0) is 20.8. The molecule has 1 heterocycles. The molecule has 4 aromatic rings. The Morgan fingerprint density at radius 1 is 0.933 bits per heavy atom. The van der Waals surface area contributed by atoms with Gasteiger partial charge in [-0.25, -0.2) is 9.37 Å². The number of aryl methyl sites for hydroxylation is 1. The van der Waals surface area contributed by atoms with Crippen molar-refractivity contribution in [2.45, 2.75) is 6.92 Å². The van der Waals surface area contributed by atoms with Crippen LogP contribution in [0.5, 0.6) is 11.5 Å². The van der Waals surface area contributed by atoms with Crippen LogP contribution in [-0.4, -0.2) is 18.2 Å². The Labute approximate surface area is 179 Å². The van der Waals surface area contributed by atoms with Gasteiger partial charge in [-0.05, 0) is 55.0 Å². The second-order valence-electron chi connectivity index (χ2n) is 6.66. The summed E-state index contributed by atoms with van der Waals surface area (Å²) >= 11 is 1.50. The van der Waals surface area contributed by atoms with E-state index >= 15 is 0 Å². The van der Waals surface area contributed by atoms with E-state index in [0.29, 0.717) is 13.2 Å². The number of nitrogens with one attached hydrogen (secondary N) is 1. The third-order valence-corrected chi connectivity index (χ3v) is 5.19. The molecule has 0 aliphatic carbocycles. The summed E-state index contributed by atoms with van der Waals surface area (Å²) < 4.78 is 24.7. The summed E-state index contributed by atoms with van der Waals surface area (Å²) in [7, 11) is 0. The summed E-state index contributed by atoms with van der Waals surface area (Å²) in [4.78, 5) is 4.59. The molecule has 0 atom stereocenters. The van der Waals surface area contributed by atoms with Crippen LogP contribution in [0.4, 0.5) is 15.2 Å². The Morgan fingerprint density at radius 3 is 2.50 bits per heavy atom. The van der Waals surface area contributed by atoms with Gasteiger partial charge in [0.15, 0.2) is 5.13 Å². The standard InChI is InChI=1S/C24H21FN2O2S/c1-17-7-12-20(15-23(17)29-14-13-28-21-5-3-2-4-6-21)26-24-27-22(16-30-24)18-8-10-19(25)11-9-18/h2-12,15-16H,13-14H2,1H3,(H,26,27). The van der Waals surface area contributed by atoms with Crippen molar-refractivity contribution in [2.24, 2.45) is 0 Å². The van der Waals surface area contributed by atoms with E-state index in [1.54, 1.807) is 12.1 Å². The minimum Gasteiger partial charge on any atom is -0.490 e. The van der Waals surface area contributed by atoms with Gasteiger partial charge in [-0.2, -0.15) is 0 Å². The quantitative estimate of drug-likeness (QED) is 0.332. The van der Waals surface area contributed by atoms with E-state index < -0.39 is 0 Å². The van der Waals surface area contributed by atoms with Crippen molar-refractivity contribution in [3.05, 3.63) is 89.6 Å². The molecule has 0 saturated carbocycles. The minimum absolute atomic E-state index is 0.256. The average molecular weight is 421 g/mol. The number of hydrogen-bond acceptors (Lipinski definition) is 5. The van der Waals surface area contributed by atoms with Gasteiger partial charge in [0.2, 0.25) is 0 Å². The fraction of sp³-hybridized carbons (Fsp3) is 0.125. The summed E-state index contributed by atoms with van der Waals surface area (Å²) in [6.07, 6.45) is 0. The lowest BCUT2D eigenvalue weighted by atomic mass is 10.2. The van der Waals surface area contributed by atoms with Gasteiger partial charge in [0.25, 0.3) is 0 Å². The maximum atomic E-state index is 13.1. The number of thiazole rings is 1. The van der Waals surface area contributed by atoms with Crippen LogP contribution >= 0.6 is 11.3 Å². The number of aromatic nitrogens is 1. The van der Waals surface area contributed by atoms with E-state index in [9.17, 15) is 4.39 Å². The van der Waals surface area contributed by atoms with Crippen LogP contribution < -0.4 is 14.8 Å². The van der Waals surface area contributed by atoms with Crippen molar-refractivity contribution in [3.63, 3.8) is 0 Å². The van der Waals surface area contributed by atoms with Crippen LogP contribution in [0.1, 0.15) is 5.56 Å². The number of hydrogen-bond donors (Lipinski definition) is 1. The Kier molecular flexibility index (Phi) is 6.25. The molecule has 152 valence electrons. The predicted molar refractivity (Wildman–Crippen MR) is 119 cm³/mol. The van der Waals surface area contributed by atoms with Crippen LogP contribution in [0.2, 0.25) is 0 Å². The third kappa shape index (κ3) is 5.15. The first-order valence-corrected chi connectivity index (χ1v) is 10.5. The van der Waals surface area contributed by atoms with Gasteiger partial charge in [0.05, 0.1) is 5.69 Å². The molecule has 0 unspecified atom stereocenters. The average Bonchev–Trinajstić information content (AvgIpc) is 3.23. The molecule has 3 aromatic carbocycles. The monoisotopic (exact) mass is 420 g/mol. The summed E-state index contributed by atoms with van der Waals surface area (Å²) in [5, 5.41) is 6.02. The van der Waals surface area contributed by atoms with Gasteiger partial charge in [0.1, 0.15) is 30.5 Å². The molecular formula is C24H21FN2O2S. The van der Waals surface area contributed by atoms with Crippen LogP contribution in [-0.2, 0) is 0 Å². The highest BCUT2D eigenvalue weighted by atomic mass is 32.1. The minimum atomic E-state index is -0.256. The maximum absolute atomic E-state index is 13.1. The summed E-state index contributed by atoms with van der Waals surface area (Å²) in [5.41, 5.74) is 3.63. The molecule has 0 amide bonds. The second kappa shape index (κ2) is 9.41. The topological polar surface area (TPSA) is 43.4 Å². The molecule has 6 heteroatoms. The third-order valence-electron chi connectivity index (χ3n) is 4.44. The van der Waals surface area contributed by atoms with Crippen molar-refractivity contribution >= 4 is 22.2 Å². The number of ether oxygens (including phenoxy) is 2. The molecule has 4 rings (SSSR count). The molecule has 1 N–H and O–H groups in total. The van der Waals surface area contributed by atoms with E-state index in [2.05, 4.69) is 10.3 Å². The summed E-state index contributed by atoms with van der Waals surface area (Å²) in [6.45, 7) is 2.92. The van der Waals surface area contributed by atoms with Crippen LogP contribution in [0.15, 0.2) is 78.2 Å². The molecular weight excluding hydrogens is 399 g/mol. The number of benzene rings is 3. The lowest BCUT2D eigenvalue weighted by molar-refractivity contribution is 0.216. The van der Waals surface area contributed by atoms with E-state index in [-0.39, 0.29) is 5.82 Å². The molecule has 4 nitrogen and oxygen atoms in total. The molecule has 0 fully saturated rings. The molecule has 0 saturated heterocycles. The zero-order valence-electron chi connectivity index (χ0n) is 16.5. The largest absolute Gasteiger partial charge is 0.490 e. The van der Waals surface area contributed by atoms with Crippen LogP contribution in [0.25, 0.3) is 11.3 Å². The number of anilines is 2. The van der Waals surface area contributed by atoms with Gasteiger partial charge in [-0.3, -0.25) is 0 Å². The smallest absolute Gasteiger partial charge is 0.187 e. The van der Waals surface area contributed by atoms with Crippen LogP contribution in [0, 0.1) is 12.7 Å². The van der Waals surface area contributed by atoms with Crippen LogP contribution in [0.3, 0.4) is 0 Å². The fourth-order valence-electron chi connectivity index (χ4n) is 2.87. The van der Waals surface area contributed by atoms with Crippen molar-refractivity contribution < 1.29 is 13.9 Å². The SMILES string of the molecule is Cc1ccc(Nc2nc(-c3ccc(F)cc3)cs2)cc1OCCOc1ccccc1. The Balaban J connectivity index is 1.36. The predicted octanol–water partition coefficient (Wildman–Crippen LogP) is 6.46. The normalized spacial score (nSPS) is 10.6. The Hall–Kier alpha value is -3.38. The van der Waals surface area contributed by atoms with Crippen molar-refractivity contribution in [1.82, 2.24) is 4.98 Å². The van der Waals surface area contributed by atoms with Gasteiger partial charge in [-0.15, -0.1) is 11.3 Å².